The third-order valence-electron chi connectivity index (χ3n) is 3.01. The van der Waals surface area contributed by atoms with Gasteiger partial charge in [0.15, 0.2) is 6.10 Å². The predicted molar refractivity (Wildman–Crippen MR) is 86.2 cm³/mol. The topological polar surface area (TPSA) is 69.4 Å². The summed E-state index contributed by atoms with van der Waals surface area (Å²) in [4.78, 5) is 24.4. The van der Waals surface area contributed by atoms with Crippen molar-refractivity contribution < 1.29 is 14.3 Å². The molecule has 0 unspecified atom stereocenters. The Morgan fingerprint density at radius 2 is 1.55 bits per heavy atom. The molecule has 0 saturated heterocycles. The lowest BCUT2D eigenvalue weighted by Crippen LogP contribution is -2.31. The first-order valence-corrected chi connectivity index (χ1v) is 7.72. The summed E-state index contributed by atoms with van der Waals surface area (Å²) < 4.78 is 5.17. The van der Waals surface area contributed by atoms with Crippen molar-refractivity contribution in [3.63, 3.8) is 0 Å². The first-order chi connectivity index (χ1) is 10.6. The molecule has 0 spiro atoms. The lowest BCUT2D eigenvalue weighted by Gasteiger charge is -2.18. The van der Waals surface area contributed by atoms with E-state index in [-0.39, 0.29) is 0 Å². The summed E-state index contributed by atoms with van der Waals surface area (Å²) in [6.45, 7) is 1.47. The van der Waals surface area contributed by atoms with Crippen LogP contribution in [0.1, 0.15) is 17.7 Å². The number of rotatable bonds is 6. The van der Waals surface area contributed by atoms with Crippen LogP contribution in [-0.2, 0) is 14.3 Å². The number of thioether (sulfide) groups is 1. The lowest BCUT2D eigenvalue weighted by molar-refractivity contribution is -0.153. The van der Waals surface area contributed by atoms with Gasteiger partial charge in [0.1, 0.15) is 5.25 Å². The van der Waals surface area contributed by atoms with Gasteiger partial charge in [0.05, 0.1) is 0 Å². The summed E-state index contributed by atoms with van der Waals surface area (Å²) in [6.07, 6.45) is -0.949. The van der Waals surface area contributed by atoms with Crippen LogP contribution in [-0.4, -0.2) is 18.0 Å². The second kappa shape index (κ2) is 7.66. The van der Waals surface area contributed by atoms with Gasteiger partial charge < -0.3 is 10.5 Å². The number of hydrogen-bond donors (Lipinski definition) is 1. The van der Waals surface area contributed by atoms with Crippen LogP contribution in [0.25, 0.3) is 0 Å². The average molecular weight is 315 g/mol. The van der Waals surface area contributed by atoms with Crippen molar-refractivity contribution in [3.05, 3.63) is 66.2 Å². The summed E-state index contributed by atoms with van der Waals surface area (Å²) in [5, 5.41) is -0.551. The molecule has 2 aromatic rings. The van der Waals surface area contributed by atoms with E-state index in [1.165, 1.54) is 18.7 Å². The van der Waals surface area contributed by atoms with Crippen LogP contribution in [0.3, 0.4) is 0 Å². The van der Waals surface area contributed by atoms with E-state index in [9.17, 15) is 9.59 Å². The molecule has 2 aromatic carbocycles. The van der Waals surface area contributed by atoms with Crippen LogP contribution in [0.4, 0.5) is 0 Å². The van der Waals surface area contributed by atoms with Crippen LogP contribution in [0.15, 0.2) is 65.6 Å². The quantitative estimate of drug-likeness (QED) is 0.657. The minimum Gasteiger partial charge on any atom is -0.451 e. The fourth-order valence-electron chi connectivity index (χ4n) is 1.81. The standard InChI is InChI=1S/C17H17NO3S/c1-12(16(18)19)21-17(20)15(13-8-4-2-5-9-13)22-14-10-6-3-7-11-14/h2-12,15H,1H3,(H2,18,19)/t12-,15+/m1/s1. The van der Waals surface area contributed by atoms with Crippen molar-refractivity contribution in [2.45, 2.75) is 23.2 Å². The van der Waals surface area contributed by atoms with Crippen LogP contribution >= 0.6 is 11.8 Å². The van der Waals surface area contributed by atoms with E-state index < -0.39 is 23.2 Å². The van der Waals surface area contributed by atoms with Crippen molar-refractivity contribution in [2.75, 3.05) is 0 Å². The molecule has 0 heterocycles. The Balaban J connectivity index is 2.22. The monoisotopic (exact) mass is 315 g/mol. The van der Waals surface area contributed by atoms with Gasteiger partial charge in [0, 0.05) is 4.90 Å². The van der Waals surface area contributed by atoms with Crippen molar-refractivity contribution >= 4 is 23.6 Å². The first-order valence-electron chi connectivity index (χ1n) is 6.84. The summed E-state index contributed by atoms with van der Waals surface area (Å²) >= 11 is 1.38. The molecule has 0 aliphatic carbocycles. The van der Waals surface area contributed by atoms with Gasteiger partial charge in [-0.2, -0.15) is 0 Å². The van der Waals surface area contributed by atoms with E-state index in [1.54, 1.807) is 0 Å². The SMILES string of the molecule is C[C@@H](OC(=O)[C@@H](Sc1ccccc1)c1ccccc1)C(N)=O. The molecule has 2 N–H and O–H groups in total. The average Bonchev–Trinajstić information content (AvgIpc) is 2.54. The van der Waals surface area contributed by atoms with Gasteiger partial charge in [-0.15, -0.1) is 11.8 Å². The van der Waals surface area contributed by atoms with Crippen LogP contribution in [0, 0.1) is 0 Å². The largest absolute Gasteiger partial charge is 0.451 e. The van der Waals surface area contributed by atoms with Gasteiger partial charge in [-0.3, -0.25) is 9.59 Å². The number of esters is 1. The van der Waals surface area contributed by atoms with Crippen LogP contribution in [0.2, 0.25) is 0 Å². The highest BCUT2D eigenvalue weighted by Crippen LogP contribution is 2.36. The molecule has 1 amide bonds. The Hall–Kier alpha value is -2.27. The maximum absolute atomic E-state index is 12.4. The fraction of sp³-hybridized carbons (Fsp3) is 0.176. The highest BCUT2D eigenvalue weighted by molar-refractivity contribution is 8.00. The summed E-state index contributed by atoms with van der Waals surface area (Å²) in [6, 6.07) is 18.9. The van der Waals surface area contributed by atoms with Crippen LogP contribution < -0.4 is 5.73 Å². The van der Waals surface area contributed by atoms with Crippen molar-refractivity contribution in [3.8, 4) is 0 Å². The van der Waals surface area contributed by atoms with Crippen molar-refractivity contribution in [1.82, 2.24) is 0 Å². The smallest absolute Gasteiger partial charge is 0.324 e. The molecule has 0 aliphatic heterocycles. The van der Waals surface area contributed by atoms with E-state index >= 15 is 0 Å². The molecule has 0 fully saturated rings. The molecule has 5 heteroatoms. The normalized spacial score (nSPS) is 13.1. The van der Waals surface area contributed by atoms with Gasteiger partial charge in [-0.1, -0.05) is 48.5 Å². The van der Waals surface area contributed by atoms with Crippen LogP contribution in [0.5, 0.6) is 0 Å². The zero-order chi connectivity index (χ0) is 15.9. The highest BCUT2D eigenvalue weighted by Gasteiger charge is 2.26. The van der Waals surface area contributed by atoms with E-state index in [0.717, 1.165) is 10.5 Å². The molecule has 4 nitrogen and oxygen atoms in total. The molecule has 2 rings (SSSR count). The number of ether oxygens (including phenoxy) is 1. The van der Waals surface area contributed by atoms with E-state index in [1.807, 2.05) is 60.7 Å². The van der Waals surface area contributed by atoms with Gasteiger partial charge in [-0.05, 0) is 24.6 Å². The van der Waals surface area contributed by atoms with Gasteiger partial charge in [0.25, 0.3) is 5.91 Å². The predicted octanol–water partition coefficient (Wildman–Crippen LogP) is 2.94. The number of carbonyl (C=O) groups is 2. The van der Waals surface area contributed by atoms with Crippen molar-refractivity contribution in [1.29, 1.82) is 0 Å². The van der Waals surface area contributed by atoms with Gasteiger partial charge in [-0.25, -0.2) is 0 Å². The third kappa shape index (κ3) is 4.36. The Kier molecular flexibility index (Phi) is 5.61. The molecule has 0 saturated carbocycles. The first kappa shape index (κ1) is 16.1. The third-order valence-corrected chi connectivity index (χ3v) is 4.25. The number of hydrogen-bond acceptors (Lipinski definition) is 4. The van der Waals surface area contributed by atoms with E-state index in [4.69, 9.17) is 10.5 Å². The molecule has 22 heavy (non-hydrogen) atoms. The zero-order valence-electron chi connectivity index (χ0n) is 12.1. The molecule has 114 valence electrons. The maximum atomic E-state index is 12.4. The molecular formula is C17H17NO3S. The Morgan fingerprint density at radius 1 is 1.00 bits per heavy atom. The number of primary amides is 1. The number of amides is 1. The van der Waals surface area contributed by atoms with Crippen molar-refractivity contribution in [2.24, 2.45) is 5.73 Å². The Morgan fingerprint density at radius 3 is 2.09 bits per heavy atom. The summed E-state index contributed by atoms with van der Waals surface area (Å²) in [7, 11) is 0. The molecule has 0 bridgehead atoms. The summed E-state index contributed by atoms with van der Waals surface area (Å²) in [5.74, 6) is -1.14. The number of nitrogens with two attached hydrogens (primary N) is 1. The molecular weight excluding hydrogens is 298 g/mol. The van der Waals surface area contributed by atoms with E-state index in [2.05, 4.69) is 0 Å². The Labute approximate surface area is 133 Å². The molecule has 2 atom stereocenters. The second-order valence-electron chi connectivity index (χ2n) is 4.70. The maximum Gasteiger partial charge on any atom is 0.324 e. The van der Waals surface area contributed by atoms with E-state index in [0.29, 0.717) is 0 Å². The Bertz CT molecular complexity index is 631. The summed E-state index contributed by atoms with van der Waals surface area (Å²) in [5.41, 5.74) is 5.97. The van der Waals surface area contributed by atoms with Gasteiger partial charge >= 0.3 is 5.97 Å². The second-order valence-corrected chi connectivity index (χ2v) is 5.88. The zero-order valence-corrected chi connectivity index (χ0v) is 13.0. The molecule has 0 radical (unpaired) electrons. The minimum absolute atomic E-state index is 0.480. The van der Waals surface area contributed by atoms with Gasteiger partial charge in [0.2, 0.25) is 0 Å². The number of carbonyl (C=O) groups excluding carboxylic acids is 2. The molecule has 0 aromatic heterocycles. The highest BCUT2D eigenvalue weighted by atomic mass is 32.2. The molecule has 0 aliphatic rings. The number of benzene rings is 2. The lowest BCUT2D eigenvalue weighted by atomic mass is 10.1. The minimum atomic E-state index is -0.949. The fourth-order valence-corrected chi connectivity index (χ4v) is 2.84.